The predicted octanol–water partition coefficient (Wildman–Crippen LogP) is 2.34. The van der Waals surface area contributed by atoms with Crippen LogP contribution in [-0.4, -0.2) is 4.89 Å². The Balaban J connectivity index is 2.50. The summed E-state index contributed by atoms with van der Waals surface area (Å²) in [5.74, 6) is 0.312. The molecular formula is C6H6ClO4P. The van der Waals surface area contributed by atoms with Gasteiger partial charge in [-0.25, -0.2) is 4.57 Å². The Hall–Kier alpha value is -0.540. The van der Waals surface area contributed by atoms with Crippen LogP contribution in [0, 0.1) is 0 Å². The topological polar surface area (TPSA) is 55.8 Å². The van der Waals surface area contributed by atoms with Crippen LogP contribution < -0.4 is 4.89 Å². The van der Waals surface area contributed by atoms with Gasteiger partial charge in [0.05, 0.1) is 0 Å². The van der Waals surface area contributed by atoms with Crippen molar-refractivity contribution in [1.82, 2.24) is 0 Å². The molecule has 66 valence electrons. The molecule has 0 fully saturated rings. The molecule has 1 aromatic rings. The Morgan fingerprint density at radius 2 is 1.92 bits per heavy atom. The van der Waals surface area contributed by atoms with Gasteiger partial charge in [-0.05, 0) is 12.1 Å². The van der Waals surface area contributed by atoms with Crippen LogP contribution >= 0.6 is 18.2 Å². The summed E-state index contributed by atoms with van der Waals surface area (Å²) in [6.07, 6.45) is 0. The summed E-state index contributed by atoms with van der Waals surface area (Å²) in [6, 6.07) is 8.27. The maximum absolute atomic E-state index is 10.4. The van der Waals surface area contributed by atoms with Crippen LogP contribution in [0.4, 0.5) is 0 Å². The van der Waals surface area contributed by atoms with E-state index in [0.717, 1.165) is 0 Å². The molecule has 1 unspecified atom stereocenters. The van der Waals surface area contributed by atoms with Gasteiger partial charge >= 0.3 is 6.95 Å². The molecular weight excluding hydrogens is 202 g/mol. The van der Waals surface area contributed by atoms with Crippen molar-refractivity contribution in [3.05, 3.63) is 30.3 Å². The SMILES string of the molecule is O=P(O)(Cl)OOc1ccccc1. The largest absolute Gasteiger partial charge is 0.457 e. The molecule has 0 aliphatic heterocycles. The van der Waals surface area contributed by atoms with Crippen molar-refractivity contribution in [3.8, 4) is 5.75 Å². The molecule has 0 aliphatic carbocycles. The van der Waals surface area contributed by atoms with Crippen molar-refractivity contribution in [2.75, 3.05) is 0 Å². The molecule has 0 aliphatic rings. The fourth-order valence-electron chi connectivity index (χ4n) is 0.565. The quantitative estimate of drug-likeness (QED) is 0.471. The van der Waals surface area contributed by atoms with Crippen molar-refractivity contribution >= 4 is 18.2 Å². The molecule has 1 aromatic carbocycles. The molecule has 0 radical (unpaired) electrons. The third kappa shape index (κ3) is 3.74. The third-order valence-corrected chi connectivity index (χ3v) is 1.40. The summed E-state index contributed by atoms with van der Waals surface area (Å²) in [4.78, 5) is 12.9. The number of hydrogen-bond donors (Lipinski definition) is 1. The summed E-state index contributed by atoms with van der Waals surface area (Å²) in [5.41, 5.74) is 0. The summed E-state index contributed by atoms with van der Waals surface area (Å²) in [5, 5.41) is 0. The molecule has 0 bridgehead atoms. The molecule has 0 saturated carbocycles. The number of benzene rings is 1. The van der Waals surface area contributed by atoms with E-state index in [1.807, 2.05) is 0 Å². The maximum Gasteiger partial charge on any atom is 0.457 e. The Kier molecular flexibility index (Phi) is 3.12. The first-order chi connectivity index (χ1) is 5.58. The predicted molar refractivity (Wildman–Crippen MR) is 43.8 cm³/mol. The van der Waals surface area contributed by atoms with Crippen molar-refractivity contribution in [2.24, 2.45) is 0 Å². The van der Waals surface area contributed by atoms with E-state index < -0.39 is 6.95 Å². The highest BCUT2D eigenvalue weighted by molar-refractivity contribution is 7.80. The first-order valence-electron chi connectivity index (χ1n) is 3.02. The number of para-hydroxylation sites is 1. The first kappa shape index (κ1) is 9.55. The third-order valence-electron chi connectivity index (χ3n) is 0.969. The standard InChI is InChI=1S/C6H6ClO4P/c7-12(8,9)11-10-6-4-2-1-3-5-6/h1-5H,(H,8,9). The summed E-state index contributed by atoms with van der Waals surface area (Å²) >= 11 is 4.85. The second-order valence-electron chi connectivity index (χ2n) is 1.92. The van der Waals surface area contributed by atoms with Crippen molar-refractivity contribution in [1.29, 1.82) is 0 Å². The molecule has 4 nitrogen and oxygen atoms in total. The zero-order valence-corrected chi connectivity index (χ0v) is 7.53. The van der Waals surface area contributed by atoms with Crippen LogP contribution in [0.25, 0.3) is 0 Å². The van der Waals surface area contributed by atoms with Gasteiger partial charge in [-0.1, -0.05) is 22.9 Å². The van der Waals surface area contributed by atoms with E-state index in [9.17, 15) is 4.57 Å². The minimum Gasteiger partial charge on any atom is -0.328 e. The second-order valence-corrected chi connectivity index (χ2v) is 4.26. The molecule has 1 atom stereocenters. The number of halogens is 1. The Morgan fingerprint density at radius 1 is 1.33 bits per heavy atom. The normalized spacial score (nSPS) is 15.2. The Labute approximate surface area is 73.9 Å². The van der Waals surface area contributed by atoms with Gasteiger partial charge in [-0.2, -0.15) is 0 Å². The van der Waals surface area contributed by atoms with Gasteiger partial charge in [0.2, 0.25) is 0 Å². The molecule has 0 saturated heterocycles. The van der Waals surface area contributed by atoms with Gasteiger partial charge in [-0.3, -0.25) is 0 Å². The molecule has 0 amide bonds. The monoisotopic (exact) mass is 208 g/mol. The van der Waals surface area contributed by atoms with Crippen LogP contribution in [0.1, 0.15) is 0 Å². The zero-order valence-electron chi connectivity index (χ0n) is 5.88. The van der Waals surface area contributed by atoms with Crippen LogP contribution in [0.5, 0.6) is 5.75 Å². The first-order valence-corrected chi connectivity index (χ1v) is 5.50. The second kappa shape index (κ2) is 3.92. The lowest BCUT2D eigenvalue weighted by molar-refractivity contribution is -0.104. The minimum atomic E-state index is -4.08. The van der Waals surface area contributed by atoms with E-state index in [1.165, 1.54) is 0 Å². The van der Waals surface area contributed by atoms with E-state index in [-0.39, 0.29) is 0 Å². The Bertz CT molecular complexity index is 283. The van der Waals surface area contributed by atoms with E-state index in [2.05, 4.69) is 9.56 Å². The van der Waals surface area contributed by atoms with Crippen LogP contribution in [0.15, 0.2) is 30.3 Å². The molecule has 0 aromatic heterocycles. The Morgan fingerprint density at radius 3 is 2.42 bits per heavy atom. The average molecular weight is 209 g/mol. The fraction of sp³-hybridized carbons (Fsp3) is 0. The molecule has 1 N–H and O–H groups in total. The fourth-order valence-corrected chi connectivity index (χ4v) is 0.828. The van der Waals surface area contributed by atoms with Gasteiger partial charge in [-0.15, -0.1) is 0 Å². The summed E-state index contributed by atoms with van der Waals surface area (Å²) in [7, 11) is 0. The smallest absolute Gasteiger partial charge is 0.328 e. The van der Waals surface area contributed by atoms with Crippen molar-refractivity contribution < 1.29 is 19.0 Å². The number of hydrogen-bond acceptors (Lipinski definition) is 3. The molecule has 1 rings (SSSR count). The lowest BCUT2D eigenvalue weighted by atomic mass is 10.3. The summed E-state index contributed by atoms with van der Waals surface area (Å²) < 4.78 is 14.4. The van der Waals surface area contributed by atoms with E-state index >= 15 is 0 Å². The lowest BCUT2D eigenvalue weighted by Crippen LogP contribution is -1.90. The van der Waals surface area contributed by atoms with Gasteiger partial charge in [0, 0.05) is 11.2 Å². The number of rotatable bonds is 3. The average Bonchev–Trinajstić information content (AvgIpc) is 2.02. The lowest BCUT2D eigenvalue weighted by Gasteiger charge is -2.03. The highest BCUT2D eigenvalue weighted by Gasteiger charge is 2.16. The molecule has 0 heterocycles. The van der Waals surface area contributed by atoms with E-state index in [0.29, 0.717) is 5.75 Å². The highest BCUT2D eigenvalue weighted by atomic mass is 35.7. The van der Waals surface area contributed by atoms with Gasteiger partial charge in [0.15, 0.2) is 5.75 Å². The molecule has 12 heavy (non-hydrogen) atoms. The van der Waals surface area contributed by atoms with Crippen molar-refractivity contribution in [2.45, 2.75) is 0 Å². The van der Waals surface area contributed by atoms with Crippen LogP contribution in [-0.2, 0) is 9.24 Å². The molecule has 0 spiro atoms. The van der Waals surface area contributed by atoms with Crippen LogP contribution in [0.2, 0.25) is 0 Å². The van der Waals surface area contributed by atoms with Gasteiger partial charge < -0.3 is 9.78 Å². The minimum absolute atomic E-state index is 0.312. The van der Waals surface area contributed by atoms with E-state index in [1.54, 1.807) is 30.3 Å². The maximum atomic E-state index is 10.4. The zero-order chi connectivity index (χ0) is 9.03. The van der Waals surface area contributed by atoms with Crippen LogP contribution in [0.3, 0.4) is 0 Å². The van der Waals surface area contributed by atoms with Gasteiger partial charge in [0.25, 0.3) is 0 Å². The van der Waals surface area contributed by atoms with Gasteiger partial charge in [0.1, 0.15) is 0 Å². The molecule has 6 heteroatoms. The highest BCUT2D eigenvalue weighted by Crippen LogP contribution is 2.47. The summed E-state index contributed by atoms with van der Waals surface area (Å²) in [6.45, 7) is -4.08. The van der Waals surface area contributed by atoms with Crippen molar-refractivity contribution in [3.63, 3.8) is 0 Å². The van der Waals surface area contributed by atoms with E-state index in [4.69, 9.17) is 16.1 Å².